The number of Topliss-reactive ketones (excluding diaryl/α,β-unsaturated/α-hetero) is 2. The van der Waals surface area contributed by atoms with Gasteiger partial charge in [0.25, 0.3) is 0 Å². The van der Waals surface area contributed by atoms with Gasteiger partial charge in [-0.2, -0.15) is 0 Å². The fraction of sp³-hybridized carbons (Fsp3) is 0.700. The van der Waals surface area contributed by atoms with Crippen molar-refractivity contribution in [3.8, 4) is 0 Å². The molecule has 0 amide bonds. The van der Waals surface area contributed by atoms with Crippen molar-refractivity contribution in [1.82, 2.24) is 0 Å². The van der Waals surface area contributed by atoms with Gasteiger partial charge in [-0.15, -0.1) is 0 Å². The molecule has 5 atom stereocenters. The van der Waals surface area contributed by atoms with Crippen LogP contribution >= 0.6 is 0 Å². The maximum absolute atomic E-state index is 13.0. The van der Waals surface area contributed by atoms with Crippen LogP contribution in [0.4, 0.5) is 0 Å². The average Bonchev–Trinajstić information content (AvgIpc) is 2.84. The zero-order valence-corrected chi connectivity index (χ0v) is 13.7. The van der Waals surface area contributed by atoms with Crippen LogP contribution in [0.1, 0.15) is 58.8 Å². The first-order valence-electron chi connectivity index (χ1n) is 9.00. The predicted molar refractivity (Wildman–Crippen MR) is 86.2 cm³/mol. The van der Waals surface area contributed by atoms with E-state index in [4.69, 9.17) is 0 Å². The van der Waals surface area contributed by atoms with E-state index in [0.717, 1.165) is 32.1 Å². The normalized spacial score (nSPS) is 43.9. The number of fused-ring (bicyclic) bond motifs is 5. The first-order valence-corrected chi connectivity index (χ1v) is 9.00. The summed E-state index contributed by atoms with van der Waals surface area (Å²) in [5, 5.41) is 0. The van der Waals surface area contributed by atoms with Gasteiger partial charge in [-0.3, -0.25) is 9.59 Å². The number of carbonyl (C=O) groups is 2. The van der Waals surface area contributed by atoms with Crippen molar-refractivity contribution in [2.24, 2.45) is 29.1 Å². The van der Waals surface area contributed by atoms with Crippen molar-refractivity contribution in [3.05, 3.63) is 23.3 Å². The summed E-state index contributed by atoms with van der Waals surface area (Å²) in [7, 11) is 0. The molecular weight excluding hydrogens is 272 g/mol. The second-order valence-corrected chi connectivity index (χ2v) is 7.99. The Labute approximate surface area is 133 Å². The fourth-order valence-electron chi connectivity index (χ4n) is 6.09. The number of hydrogen-bond donors (Lipinski definition) is 0. The summed E-state index contributed by atoms with van der Waals surface area (Å²) in [5.74, 6) is 2.27. The molecule has 4 unspecified atom stereocenters. The molecule has 0 aromatic rings. The number of hydrogen-bond acceptors (Lipinski definition) is 2. The van der Waals surface area contributed by atoms with Gasteiger partial charge < -0.3 is 0 Å². The Hall–Kier alpha value is -1.18. The Morgan fingerprint density at radius 1 is 1.23 bits per heavy atom. The molecule has 2 fully saturated rings. The minimum atomic E-state index is -0.302. The molecule has 4 aliphatic carbocycles. The third-order valence-electron chi connectivity index (χ3n) is 7.17. The van der Waals surface area contributed by atoms with Gasteiger partial charge in [0.15, 0.2) is 0 Å². The molecule has 0 bridgehead atoms. The van der Waals surface area contributed by atoms with Crippen molar-refractivity contribution in [2.75, 3.05) is 0 Å². The van der Waals surface area contributed by atoms with E-state index in [2.05, 4.69) is 26.0 Å². The Balaban J connectivity index is 1.74. The Bertz CT molecular complexity index is 597. The summed E-state index contributed by atoms with van der Waals surface area (Å²) in [4.78, 5) is 25.5. The van der Waals surface area contributed by atoms with E-state index >= 15 is 0 Å². The van der Waals surface area contributed by atoms with Gasteiger partial charge in [-0.05, 0) is 62.4 Å². The molecule has 4 aliphatic rings. The number of carbonyl (C=O) groups excluding carboxylic acids is 2. The smallest absolute Gasteiger partial charge is 0.139 e. The van der Waals surface area contributed by atoms with Crippen LogP contribution in [0.2, 0.25) is 0 Å². The van der Waals surface area contributed by atoms with Crippen LogP contribution in [0, 0.1) is 29.1 Å². The minimum Gasteiger partial charge on any atom is -0.299 e. The van der Waals surface area contributed by atoms with Crippen LogP contribution in [-0.2, 0) is 9.59 Å². The molecule has 0 spiro atoms. The van der Waals surface area contributed by atoms with E-state index in [1.807, 2.05) is 0 Å². The monoisotopic (exact) mass is 298 g/mol. The van der Waals surface area contributed by atoms with Crippen molar-refractivity contribution < 1.29 is 9.59 Å². The highest BCUT2D eigenvalue weighted by Gasteiger charge is 2.59. The van der Waals surface area contributed by atoms with E-state index in [1.54, 1.807) is 0 Å². The molecule has 4 rings (SSSR count). The number of allylic oxidation sites excluding steroid dienone is 4. The van der Waals surface area contributed by atoms with Crippen LogP contribution in [0.3, 0.4) is 0 Å². The Morgan fingerprint density at radius 3 is 2.82 bits per heavy atom. The summed E-state index contributed by atoms with van der Waals surface area (Å²) in [6.45, 7) is 4.31. The van der Waals surface area contributed by atoms with Gasteiger partial charge >= 0.3 is 0 Å². The summed E-state index contributed by atoms with van der Waals surface area (Å²) in [5.41, 5.74) is 2.55. The van der Waals surface area contributed by atoms with E-state index in [9.17, 15) is 9.59 Å². The fourth-order valence-corrected chi connectivity index (χ4v) is 6.09. The molecular formula is C20H26O2. The molecule has 0 aliphatic heterocycles. The molecule has 118 valence electrons. The van der Waals surface area contributed by atoms with Gasteiger partial charge in [0, 0.05) is 24.2 Å². The molecule has 0 aromatic heterocycles. The van der Waals surface area contributed by atoms with Crippen molar-refractivity contribution in [2.45, 2.75) is 58.8 Å². The minimum absolute atomic E-state index is 0.194. The van der Waals surface area contributed by atoms with Gasteiger partial charge in [0.1, 0.15) is 11.6 Å². The van der Waals surface area contributed by atoms with Gasteiger partial charge in [0.2, 0.25) is 0 Å². The maximum atomic E-state index is 13.0. The molecule has 2 nitrogen and oxygen atoms in total. The summed E-state index contributed by atoms with van der Waals surface area (Å²) < 4.78 is 0. The topological polar surface area (TPSA) is 34.1 Å². The predicted octanol–water partition coefficient (Wildman–Crippen LogP) is 4.25. The van der Waals surface area contributed by atoms with Crippen molar-refractivity contribution in [3.63, 3.8) is 0 Å². The molecule has 0 heterocycles. The molecule has 2 heteroatoms. The largest absolute Gasteiger partial charge is 0.299 e. The standard InChI is InChI=1S/C20H26O2/c1-3-20-11-17(21)19-14-6-4-12(2)10-13(14)5-7-15(19)16(20)8-9-18(20)22/h5,10,14-16,19H,3-4,6-9,11H2,1-2H3/t14?,15?,16?,19?,20-/m0/s1. The van der Waals surface area contributed by atoms with Crippen molar-refractivity contribution >= 4 is 11.6 Å². The lowest BCUT2D eigenvalue weighted by atomic mass is 9.52. The summed E-state index contributed by atoms with van der Waals surface area (Å²) in [6.07, 6.45) is 11.1. The average molecular weight is 298 g/mol. The van der Waals surface area contributed by atoms with E-state index in [0.29, 0.717) is 42.2 Å². The van der Waals surface area contributed by atoms with Crippen LogP contribution < -0.4 is 0 Å². The first kappa shape index (κ1) is 14.4. The third-order valence-corrected chi connectivity index (χ3v) is 7.17. The molecule has 0 N–H and O–H groups in total. The van der Waals surface area contributed by atoms with Crippen LogP contribution in [0.5, 0.6) is 0 Å². The Morgan fingerprint density at radius 2 is 2.05 bits per heavy atom. The third kappa shape index (κ3) is 1.79. The van der Waals surface area contributed by atoms with Gasteiger partial charge in [-0.1, -0.05) is 24.6 Å². The number of rotatable bonds is 1. The summed E-state index contributed by atoms with van der Waals surface area (Å²) in [6, 6.07) is 0. The zero-order chi connectivity index (χ0) is 15.5. The van der Waals surface area contributed by atoms with Crippen LogP contribution in [0.25, 0.3) is 0 Å². The zero-order valence-electron chi connectivity index (χ0n) is 13.7. The second kappa shape index (κ2) is 4.91. The lowest BCUT2D eigenvalue weighted by Crippen LogP contribution is -2.51. The Kier molecular flexibility index (Phi) is 3.22. The van der Waals surface area contributed by atoms with Crippen LogP contribution in [0.15, 0.2) is 23.3 Å². The second-order valence-electron chi connectivity index (χ2n) is 7.99. The lowest BCUT2D eigenvalue weighted by Gasteiger charge is -2.50. The van der Waals surface area contributed by atoms with E-state index in [-0.39, 0.29) is 11.3 Å². The lowest BCUT2D eigenvalue weighted by molar-refractivity contribution is -0.146. The molecule has 0 radical (unpaired) electrons. The number of ketones is 2. The SMILES string of the molecule is CC[C@]12CC(=O)C3C4CCC(C)=CC4=CCC3C1CCC2=O. The molecule has 22 heavy (non-hydrogen) atoms. The molecule has 0 aromatic carbocycles. The highest BCUT2D eigenvalue weighted by molar-refractivity contribution is 5.95. The highest BCUT2D eigenvalue weighted by Crippen LogP contribution is 2.60. The van der Waals surface area contributed by atoms with Crippen LogP contribution in [-0.4, -0.2) is 11.6 Å². The maximum Gasteiger partial charge on any atom is 0.139 e. The van der Waals surface area contributed by atoms with Crippen molar-refractivity contribution in [1.29, 1.82) is 0 Å². The summed E-state index contributed by atoms with van der Waals surface area (Å²) >= 11 is 0. The molecule has 0 saturated heterocycles. The van der Waals surface area contributed by atoms with Gasteiger partial charge in [0.05, 0.1) is 0 Å². The van der Waals surface area contributed by atoms with E-state index < -0.39 is 0 Å². The van der Waals surface area contributed by atoms with Gasteiger partial charge in [-0.25, -0.2) is 0 Å². The molecule has 2 saturated carbocycles. The quantitative estimate of drug-likeness (QED) is 0.725. The highest BCUT2D eigenvalue weighted by atomic mass is 16.1. The first-order chi connectivity index (χ1) is 10.6. The van der Waals surface area contributed by atoms with E-state index in [1.165, 1.54) is 11.1 Å².